The Labute approximate surface area is 189 Å². The highest BCUT2D eigenvalue weighted by atomic mass is 19.4. The van der Waals surface area contributed by atoms with Crippen LogP contribution in [0.25, 0.3) is 11.0 Å². The van der Waals surface area contributed by atoms with E-state index < -0.39 is 17.8 Å². The fraction of sp³-hybridized carbons (Fsp3) is 0.409. The van der Waals surface area contributed by atoms with Crippen molar-refractivity contribution >= 4 is 28.6 Å². The van der Waals surface area contributed by atoms with Crippen LogP contribution in [0.3, 0.4) is 0 Å². The van der Waals surface area contributed by atoms with Crippen LogP contribution in [0.4, 0.5) is 29.5 Å². The van der Waals surface area contributed by atoms with Crippen LogP contribution in [0.5, 0.6) is 0 Å². The molecule has 3 rings (SSSR count). The third kappa shape index (κ3) is 6.13. The van der Waals surface area contributed by atoms with Crippen molar-refractivity contribution in [1.29, 1.82) is 0 Å². The van der Waals surface area contributed by atoms with Crippen molar-refractivity contribution in [2.24, 2.45) is 0 Å². The second-order valence-electron chi connectivity index (χ2n) is 7.50. The lowest BCUT2D eigenvalue weighted by molar-refractivity contribution is -0.137. The summed E-state index contributed by atoms with van der Waals surface area (Å²) in [7, 11) is 0. The number of benzene rings is 1. The number of carbonyl (C=O) groups excluding carboxylic acids is 1. The first-order valence-electron chi connectivity index (χ1n) is 10.6. The molecule has 0 saturated carbocycles. The smallest absolute Gasteiger partial charge is 0.382 e. The molecule has 4 N–H and O–H groups in total. The van der Waals surface area contributed by atoms with Crippen LogP contribution in [-0.4, -0.2) is 33.7 Å². The molecule has 2 amide bonds. The summed E-state index contributed by atoms with van der Waals surface area (Å²) in [6, 6.07) is 3.81. The Balaban J connectivity index is 1.52. The van der Waals surface area contributed by atoms with Gasteiger partial charge in [-0.2, -0.15) is 13.2 Å². The number of rotatable bonds is 9. The Hall–Kier alpha value is -3.34. The van der Waals surface area contributed by atoms with Gasteiger partial charge in [0, 0.05) is 31.6 Å². The number of unbranched alkanes of at least 4 members (excludes halogenated alkanes) is 1. The molecule has 0 atom stereocenters. The number of anilines is 2. The minimum atomic E-state index is -4.41. The van der Waals surface area contributed by atoms with Gasteiger partial charge in [0.1, 0.15) is 17.9 Å². The van der Waals surface area contributed by atoms with Gasteiger partial charge in [0.15, 0.2) is 5.82 Å². The molecule has 0 aliphatic rings. The van der Waals surface area contributed by atoms with Crippen molar-refractivity contribution in [2.75, 3.05) is 24.2 Å². The molecule has 0 unspecified atom stereocenters. The minimum absolute atomic E-state index is 0.285. The Morgan fingerprint density at radius 3 is 2.61 bits per heavy atom. The van der Waals surface area contributed by atoms with Crippen LogP contribution < -0.4 is 16.4 Å². The summed E-state index contributed by atoms with van der Waals surface area (Å²) in [5, 5.41) is 5.24. The van der Waals surface area contributed by atoms with Gasteiger partial charge >= 0.3 is 12.2 Å². The maximum atomic E-state index is 12.6. The molecule has 0 aliphatic carbocycles. The first-order chi connectivity index (χ1) is 15.7. The molecule has 33 heavy (non-hydrogen) atoms. The van der Waals surface area contributed by atoms with Crippen molar-refractivity contribution < 1.29 is 22.7 Å². The molecule has 0 bridgehead atoms. The maximum absolute atomic E-state index is 12.6. The maximum Gasteiger partial charge on any atom is 0.416 e. The average molecular weight is 464 g/mol. The van der Waals surface area contributed by atoms with Crippen LogP contribution in [0.1, 0.15) is 36.7 Å². The van der Waals surface area contributed by atoms with E-state index in [1.165, 1.54) is 12.1 Å². The standard InChI is InChI=1S/C22H27F3N6O2/c1-3-33-13-17-30-18-19(14(2)12-28-20(18)26)31(17)11-5-4-10-27-21(32)29-16-8-6-15(7-9-16)22(23,24)25/h6-9,12H,3-5,10-11,13H2,1-2H3,(H2,26,28)(H2,27,29,32). The van der Waals surface area contributed by atoms with E-state index in [1.807, 2.05) is 13.8 Å². The number of hydrogen-bond donors (Lipinski definition) is 3. The number of aryl methyl sites for hydroxylation is 2. The lowest BCUT2D eigenvalue weighted by Gasteiger charge is -2.12. The highest BCUT2D eigenvalue weighted by Crippen LogP contribution is 2.29. The van der Waals surface area contributed by atoms with Crippen molar-refractivity contribution in [3.05, 3.63) is 47.4 Å². The Morgan fingerprint density at radius 2 is 1.94 bits per heavy atom. The number of carbonyl (C=O) groups is 1. The summed E-state index contributed by atoms with van der Waals surface area (Å²) < 4.78 is 45.5. The predicted molar refractivity (Wildman–Crippen MR) is 120 cm³/mol. The Kier molecular flexibility index (Phi) is 7.75. The molecular weight excluding hydrogens is 437 g/mol. The van der Waals surface area contributed by atoms with E-state index >= 15 is 0 Å². The second-order valence-corrected chi connectivity index (χ2v) is 7.50. The van der Waals surface area contributed by atoms with Crippen molar-refractivity contribution in [1.82, 2.24) is 19.9 Å². The van der Waals surface area contributed by atoms with E-state index in [2.05, 4.69) is 25.2 Å². The molecule has 2 heterocycles. The van der Waals surface area contributed by atoms with Crippen LogP contribution in [0.15, 0.2) is 30.5 Å². The number of halogens is 3. The number of nitrogens with two attached hydrogens (primary N) is 1. The number of amides is 2. The third-order valence-electron chi connectivity index (χ3n) is 5.06. The van der Waals surface area contributed by atoms with Crippen LogP contribution in [0.2, 0.25) is 0 Å². The Morgan fingerprint density at radius 1 is 1.21 bits per heavy atom. The number of nitrogens with one attached hydrogen (secondary N) is 2. The molecule has 0 fully saturated rings. The number of alkyl halides is 3. The molecule has 0 aliphatic heterocycles. The average Bonchev–Trinajstić information content (AvgIpc) is 3.14. The highest BCUT2D eigenvalue weighted by molar-refractivity contribution is 5.89. The number of aromatic nitrogens is 3. The number of hydrogen-bond acceptors (Lipinski definition) is 5. The zero-order valence-corrected chi connectivity index (χ0v) is 18.5. The number of pyridine rings is 1. The second kappa shape index (κ2) is 10.5. The van der Waals surface area contributed by atoms with Gasteiger partial charge in [-0.25, -0.2) is 14.8 Å². The molecule has 2 aromatic heterocycles. The van der Waals surface area contributed by atoms with Gasteiger partial charge in [0.25, 0.3) is 0 Å². The molecule has 8 nitrogen and oxygen atoms in total. The summed E-state index contributed by atoms with van der Waals surface area (Å²) in [5.41, 5.74) is 8.05. The largest absolute Gasteiger partial charge is 0.416 e. The highest BCUT2D eigenvalue weighted by Gasteiger charge is 2.30. The zero-order chi connectivity index (χ0) is 24.0. The summed E-state index contributed by atoms with van der Waals surface area (Å²) in [6.07, 6.45) is -1.25. The number of ether oxygens (including phenoxy) is 1. The fourth-order valence-electron chi connectivity index (χ4n) is 3.43. The van der Waals surface area contributed by atoms with Gasteiger partial charge in [0.2, 0.25) is 0 Å². The monoisotopic (exact) mass is 464 g/mol. The normalized spacial score (nSPS) is 11.7. The molecule has 0 spiro atoms. The van der Waals surface area contributed by atoms with Gasteiger partial charge in [-0.15, -0.1) is 0 Å². The summed E-state index contributed by atoms with van der Waals surface area (Å²) in [6.45, 7) is 5.85. The number of fused-ring (bicyclic) bond motifs is 1. The van der Waals surface area contributed by atoms with E-state index in [9.17, 15) is 18.0 Å². The molecular formula is C22H27F3N6O2. The van der Waals surface area contributed by atoms with Crippen LogP contribution >= 0.6 is 0 Å². The Bertz CT molecular complexity index is 1100. The number of urea groups is 1. The molecule has 0 radical (unpaired) electrons. The first kappa shape index (κ1) is 24.3. The number of nitrogen functional groups attached to an aromatic ring is 1. The lowest BCUT2D eigenvalue weighted by Crippen LogP contribution is -2.29. The minimum Gasteiger partial charge on any atom is -0.382 e. The van der Waals surface area contributed by atoms with Gasteiger partial charge in [-0.1, -0.05) is 0 Å². The van der Waals surface area contributed by atoms with E-state index in [0.717, 1.165) is 35.5 Å². The van der Waals surface area contributed by atoms with Crippen LogP contribution in [-0.2, 0) is 24.1 Å². The first-order valence-corrected chi connectivity index (χ1v) is 10.6. The van der Waals surface area contributed by atoms with E-state index in [0.29, 0.717) is 44.1 Å². The molecule has 178 valence electrons. The van der Waals surface area contributed by atoms with Crippen molar-refractivity contribution in [2.45, 2.75) is 46.0 Å². The molecule has 1 aromatic carbocycles. The van der Waals surface area contributed by atoms with Gasteiger partial charge in [-0.05, 0) is 56.5 Å². The zero-order valence-electron chi connectivity index (χ0n) is 18.5. The third-order valence-corrected chi connectivity index (χ3v) is 5.06. The van der Waals surface area contributed by atoms with E-state index in [4.69, 9.17) is 10.5 Å². The van der Waals surface area contributed by atoms with E-state index in [-0.39, 0.29) is 5.69 Å². The van der Waals surface area contributed by atoms with E-state index in [1.54, 1.807) is 6.20 Å². The molecule has 3 aromatic rings. The van der Waals surface area contributed by atoms with Gasteiger partial charge in [0.05, 0.1) is 11.1 Å². The topological polar surface area (TPSA) is 107 Å². The lowest BCUT2D eigenvalue weighted by atomic mass is 10.2. The van der Waals surface area contributed by atoms with Gasteiger partial charge in [-0.3, -0.25) is 0 Å². The predicted octanol–water partition coefficient (Wildman–Crippen LogP) is 4.48. The number of nitrogens with zero attached hydrogens (tertiary/aromatic N) is 3. The summed E-state index contributed by atoms with van der Waals surface area (Å²) >= 11 is 0. The van der Waals surface area contributed by atoms with Gasteiger partial charge < -0.3 is 25.7 Å². The van der Waals surface area contributed by atoms with Crippen molar-refractivity contribution in [3.63, 3.8) is 0 Å². The summed E-state index contributed by atoms with van der Waals surface area (Å²) in [4.78, 5) is 20.8. The van der Waals surface area contributed by atoms with Crippen molar-refractivity contribution in [3.8, 4) is 0 Å². The molecule has 0 saturated heterocycles. The molecule has 11 heteroatoms. The SMILES string of the molecule is CCOCc1nc2c(N)ncc(C)c2n1CCCCNC(=O)Nc1ccc(C(F)(F)F)cc1. The quantitative estimate of drug-likeness (QED) is 0.405. The number of imidazole rings is 1. The summed E-state index contributed by atoms with van der Waals surface area (Å²) in [5.74, 6) is 1.14. The van der Waals surface area contributed by atoms with Crippen LogP contribution in [0, 0.1) is 6.92 Å². The fourth-order valence-corrected chi connectivity index (χ4v) is 3.43.